The van der Waals surface area contributed by atoms with Crippen LogP contribution in [0, 0.1) is 0 Å². The molecule has 0 radical (unpaired) electrons. The summed E-state index contributed by atoms with van der Waals surface area (Å²) in [5.41, 5.74) is 2.77. The SMILES string of the molecule is CCn1c(CN2CCCCCC2)nc2cc(NC(=O)COc3ccccc3)ccc21. The third-order valence-corrected chi connectivity index (χ3v) is 5.60. The van der Waals surface area contributed by atoms with Crippen LogP contribution in [0.25, 0.3) is 11.0 Å². The minimum absolute atomic E-state index is 0.0222. The molecule has 6 heteroatoms. The molecule has 1 amide bonds. The van der Waals surface area contributed by atoms with Crippen molar-refractivity contribution < 1.29 is 9.53 Å². The molecule has 1 aromatic heterocycles. The molecule has 0 spiro atoms. The van der Waals surface area contributed by atoms with Gasteiger partial charge in [0.05, 0.1) is 17.6 Å². The monoisotopic (exact) mass is 406 g/mol. The minimum atomic E-state index is -0.182. The number of benzene rings is 2. The molecule has 1 aliphatic heterocycles. The number of ether oxygens (including phenoxy) is 1. The first-order chi connectivity index (χ1) is 14.7. The largest absolute Gasteiger partial charge is 0.484 e. The Balaban J connectivity index is 1.44. The standard InChI is InChI=1S/C24H30N4O2/c1-2-28-22-13-12-19(25-24(29)18-30-20-10-6-5-7-11-20)16-21(22)26-23(28)17-27-14-8-3-4-9-15-27/h5-7,10-13,16H,2-4,8-9,14-15,17-18H2,1H3,(H,25,29). The molecule has 0 aliphatic carbocycles. The number of aromatic nitrogens is 2. The summed E-state index contributed by atoms with van der Waals surface area (Å²) in [4.78, 5) is 19.7. The predicted octanol–water partition coefficient (Wildman–Crippen LogP) is 4.45. The molecule has 6 nitrogen and oxygen atoms in total. The number of likely N-dealkylation sites (tertiary alicyclic amines) is 1. The number of amides is 1. The molecule has 2 heterocycles. The molecule has 3 aromatic rings. The van der Waals surface area contributed by atoms with Crippen LogP contribution in [0.5, 0.6) is 5.75 Å². The van der Waals surface area contributed by atoms with Crippen molar-refractivity contribution >= 4 is 22.6 Å². The van der Waals surface area contributed by atoms with Gasteiger partial charge in [-0.1, -0.05) is 31.0 Å². The quantitative estimate of drug-likeness (QED) is 0.630. The van der Waals surface area contributed by atoms with E-state index in [0.717, 1.165) is 48.7 Å². The van der Waals surface area contributed by atoms with Gasteiger partial charge in [0.25, 0.3) is 5.91 Å². The summed E-state index contributed by atoms with van der Waals surface area (Å²) in [5, 5.41) is 2.92. The summed E-state index contributed by atoms with van der Waals surface area (Å²) in [6.45, 7) is 6.20. The highest BCUT2D eigenvalue weighted by Gasteiger charge is 2.16. The molecule has 1 fully saturated rings. The van der Waals surface area contributed by atoms with Crippen LogP contribution in [-0.4, -0.2) is 40.1 Å². The number of fused-ring (bicyclic) bond motifs is 1. The van der Waals surface area contributed by atoms with Crippen molar-refractivity contribution in [3.63, 3.8) is 0 Å². The van der Waals surface area contributed by atoms with Crippen LogP contribution >= 0.6 is 0 Å². The van der Waals surface area contributed by atoms with Gasteiger partial charge in [-0.05, 0) is 63.2 Å². The zero-order valence-corrected chi connectivity index (χ0v) is 17.6. The maximum Gasteiger partial charge on any atom is 0.262 e. The fraction of sp³-hybridized carbons (Fsp3) is 0.417. The van der Waals surface area contributed by atoms with E-state index < -0.39 is 0 Å². The molecule has 4 rings (SSSR count). The van der Waals surface area contributed by atoms with E-state index in [1.54, 1.807) is 0 Å². The fourth-order valence-corrected chi connectivity index (χ4v) is 4.09. The second kappa shape index (κ2) is 9.76. The number of hydrogen-bond acceptors (Lipinski definition) is 4. The topological polar surface area (TPSA) is 59.4 Å². The van der Waals surface area contributed by atoms with Crippen molar-refractivity contribution in [3.05, 3.63) is 54.4 Å². The lowest BCUT2D eigenvalue weighted by atomic mass is 10.2. The number of aryl methyl sites for hydroxylation is 1. The Morgan fingerprint density at radius 2 is 1.83 bits per heavy atom. The first-order valence-corrected chi connectivity index (χ1v) is 10.9. The molecule has 158 valence electrons. The highest BCUT2D eigenvalue weighted by molar-refractivity contribution is 5.94. The second-order valence-corrected chi connectivity index (χ2v) is 7.82. The van der Waals surface area contributed by atoms with Gasteiger partial charge in [0.15, 0.2) is 6.61 Å². The van der Waals surface area contributed by atoms with Crippen LogP contribution in [0.15, 0.2) is 48.5 Å². The maximum absolute atomic E-state index is 12.3. The van der Waals surface area contributed by atoms with Crippen molar-refractivity contribution in [2.24, 2.45) is 0 Å². The van der Waals surface area contributed by atoms with E-state index in [4.69, 9.17) is 9.72 Å². The number of nitrogens with zero attached hydrogens (tertiary/aromatic N) is 3. The Bertz CT molecular complexity index is 976. The molecule has 1 aliphatic rings. The van der Waals surface area contributed by atoms with E-state index in [1.165, 1.54) is 25.7 Å². The highest BCUT2D eigenvalue weighted by atomic mass is 16.5. The summed E-state index contributed by atoms with van der Waals surface area (Å²) >= 11 is 0. The third kappa shape index (κ3) is 5.00. The van der Waals surface area contributed by atoms with E-state index in [2.05, 4.69) is 21.7 Å². The van der Waals surface area contributed by atoms with Crippen LogP contribution in [0.1, 0.15) is 38.4 Å². The summed E-state index contributed by atoms with van der Waals surface area (Å²) in [6.07, 6.45) is 5.21. The van der Waals surface area contributed by atoms with E-state index in [-0.39, 0.29) is 12.5 Å². The average molecular weight is 407 g/mol. The van der Waals surface area contributed by atoms with Gasteiger partial charge in [-0.2, -0.15) is 0 Å². The zero-order chi connectivity index (χ0) is 20.8. The van der Waals surface area contributed by atoms with E-state index in [9.17, 15) is 4.79 Å². The summed E-state index contributed by atoms with van der Waals surface area (Å²) in [6, 6.07) is 15.3. The molecule has 1 saturated heterocycles. The average Bonchev–Trinajstić information content (AvgIpc) is 2.91. The Morgan fingerprint density at radius 3 is 2.57 bits per heavy atom. The number of rotatable bonds is 7. The first kappa shape index (κ1) is 20.4. The van der Waals surface area contributed by atoms with Gasteiger partial charge >= 0.3 is 0 Å². The smallest absolute Gasteiger partial charge is 0.262 e. The van der Waals surface area contributed by atoms with Crippen LogP contribution in [-0.2, 0) is 17.9 Å². The normalized spacial score (nSPS) is 15.1. The minimum Gasteiger partial charge on any atom is -0.484 e. The van der Waals surface area contributed by atoms with Gasteiger partial charge in [-0.15, -0.1) is 0 Å². The Morgan fingerprint density at radius 1 is 1.07 bits per heavy atom. The number of nitrogens with one attached hydrogen (secondary N) is 1. The van der Waals surface area contributed by atoms with Gasteiger partial charge < -0.3 is 14.6 Å². The fourth-order valence-electron chi connectivity index (χ4n) is 4.09. The molecular formula is C24H30N4O2. The second-order valence-electron chi connectivity index (χ2n) is 7.82. The molecule has 0 saturated carbocycles. The van der Waals surface area contributed by atoms with E-state index in [0.29, 0.717) is 5.75 Å². The lowest BCUT2D eigenvalue weighted by molar-refractivity contribution is -0.118. The molecule has 0 bridgehead atoms. The summed E-state index contributed by atoms with van der Waals surface area (Å²) in [7, 11) is 0. The lowest BCUT2D eigenvalue weighted by Crippen LogP contribution is -2.25. The van der Waals surface area contributed by atoms with E-state index in [1.807, 2.05) is 48.5 Å². The van der Waals surface area contributed by atoms with Gasteiger partial charge in [-0.3, -0.25) is 9.69 Å². The van der Waals surface area contributed by atoms with Crippen LogP contribution in [0.4, 0.5) is 5.69 Å². The Labute approximate surface area is 177 Å². The van der Waals surface area contributed by atoms with Crippen molar-refractivity contribution in [1.82, 2.24) is 14.5 Å². The number of imidazole rings is 1. The molecule has 2 aromatic carbocycles. The highest BCUT2D eigenvalue weighted by Crippen LogP contribution is 2.22. The Kier molecular flexibility index (Phi) is 6.64. The van der Waals surface area contributed by atoms with Crippen molar-refractivity contribution in [3.8, 4) is 5.75 Å². The van der Waals surface area contributed by atoms with Crippen LogP contribution < -0.4 is 10.1 Å². The zero-order valence-electron chi connectivity index (χ0n) is 17.6. The van der Waals surface area contributed by atoms with E-state index >= 15 is 0 Å². The van der Waals surface area contributed by atoms with Gasteiger partial charge in [0.2, 0.25) is 0 Å². The molecular weight excluding hydrogens is 376 g/mol. The third-order valence-electron chi connectivity index (χ3n) is 5.60. The molecule has 1 N–H and O–H groups in total. The maximum atomic E-state index is 12.3. The molecule has 0 atom stereocenters. The summed E-state index contributed by atoms with van der Waals surface area (Å²) < 4.78 is 7.81. The van der Waals surface area contributed by atoms with Gasteiger partial charge in [0, 0.05) is 12.2 Å². The van der Waals surface area contributed by atoms with Gasteiger partial charge in [-0.25, -0.2) is 4.98 Å². The molecule has 0 unspecified atom stereocenters. The number of carbonyl (C=O) groups is 1. The van der Waals surface area contributed by atoms with Crippen LogP contribution in [0.2, 0.25) is 0 Å². The number of anilines is 1. The van der Waals surface area contributed by atoms with Crippen molar-refractivity contribution in [2.45, 2.75) is 45.7 Å². The van der Waals surface area contributed by atoms with Gasteiger partial charge in [0.1, 0.15) is 11.6 Å². The number of para-hydroxylation sites is 1. The lowest BCUT2D eigenvalue weighted by Gasteiger charge is -2.19. The number of carbonyl (C=O) groups excluding carboxylic acids is 1. The van der Waals surface area contributed by atoms with Crippen molar-refractivity contribution in [1.29, 1.82) is 0 Å². The predicted molar refractivity (Wildman–Crippen MR) is 120 cm³/mol. The molecule has 30 heavy (non-hydrogen) atoms. The Hall–Kier alpha value is -2.86. The van der Waals surface area contributed by atoms with Crippen molar-refractivity contribution in [2.75, 3.05) is 25.0 Å². The van der Waals surface area contributed by atoms with Crippen LogP contribution in [0.3, 0.4) is 0 Å². The number of hydrogen-bond donors (Lipinski definition) is 1. The first-order valence-electron chi connectivity index (χ1n) is 10.9. The summed E-state index contributed by atoms with van der Waals surface area (Å²) in [5.74, 6) is 1.60.